The van der Waals surface area contributed by atoms with Crippen molar-refractivity contribution >= 4 is 33.6 Å². The van der Waals surface area contributed by atoms with Crippen LogP contribution in [0.5, 0.6) is 0 Å². The van der Waals surface area contributed by atoms with Crippen LogP contribution in [0.4, 0.5) is 0 Å². The molecule has 2 aromatic rings. The maximum atomic E-state index is 11.8. The van der Waals surface area contributed by atoms with Gasteiger partial charge in [0.1, 0.15) is 5.76 Å². The summed E-state index contributed by atoms with van der Waals surface area (Å²) in [6, 6.07) is 7.84. The van der Waals surface area contributed by atoms with Crippen molar-refractivity contribution in [2.24, 2.45) is 0 Å². The smallest absolute Gasteiger partial charge is 0.230 e. The molecule has 0 atom stereocenters. The number of hydrogen-bond acceptors (Lipinski definition) is 3. The minimum Gasteiger partial charge on any atom is -0.467 e. The SMILES string of the molecule is Cc1cc(SCC(=O)NCc2ccco2)c(C)cc1Br. The number of thioether (sulfide) groups is 1. The highest BCUT2D eigenvalue weighted by Crippen LogP contribution is 2.28. The molecule has 1 aromatic heterocycles. The number of halogens is 1. The summed E-state index contributed by atoms with van der Waals surface area (Å²) in [6.45, 7) is 4.53. The van der Waals surface area contributed by atoms with E-state index < -0.39 is 0 Å². The number of nitrogens with one attached hydrogen (secondary N) is 1. The van der Waals surface area contributed by atoms with Gasteiger partial charge in [0.25, 0.3) is 0 Å². The van der Waals surface area contributed by atoms with Gasteiger partial charge >= 0.3 is 0 Å². The Morgan fingerprint density at radius 3 is 2.85 bits per heavy atom. The van der Waals surface area contributed by atoms with Gasteiger partial charge in [0, 0.05) is 9.37 Å². The minimum atomic E-state index is 0.00590. The summed E-state index contributed by atoms with van der Waals surface area (Å²) in [6.07, 6.45) is 1.60. The van der Waals surface area contributed by atoms with Crippen LogP contribution in [0, 0.1) is 13.8 Å². The summed E-state index contributed by atoms with van der Waals surface area (Å²) in [5, 5.41) is 2.84. The predicted octanol–water partition coefficient (Wildman–Crippen LogP) is 4.07. The number of aryl methyl sites for hydroxylation is 2. The van der Waals surface area contributed by atoms with Crippen LogP contribution in [-0.4, -0.2) is 11.7 Å². The molecule has 0 unspecified atom stereocenters. The van der Waals surface area contributed by atoms with Crippen molar-refractivity contribution in [3.63, 3.8) is 0 Å². The molecule has 0 bridgehead atoms. The molecule has 20 heavy (non-hydrogen) atoms. The van der Waals surface area contributed by atoms with Crippen LogP contribution in [0.3, 0.4) is 0 Å². The van der Waals surface area contributed by atoms with E-state index >= 15 is 0 Å². The third kappa shape index (κ3) is 4.15. The molecule has 0 spiro atoms. The second-order valence-electron chi connectivity index (χ2n) is 4.51. The number of benzene rings is 1. The quantitative estimate of drug-likeness (QED) is 0.823. The fourth-order valence-electron chi connectivity index (χ4n) is 1.70. The van der Waals surface area contributed by atoms with Gasteiger partial charge in [-0.2, -0.15) is 0 Å². The molecule has 1 heterocycles. The van der Waals surface area contributed by atoms with Gasteiger partial charge < -0.3 is 9.73 Å². The van der Waals surface area contributed by atoms with E-state index in [0.29, 0.717) is 12.3 Å². The summed E-state index contributed by atoms with van der Waals surface area (Å²) in [5.74, 6) is 1.17. The molecule has 0 aliphatic carbocycles. The van der Waals surface area contributed by atoms with Gasteiger partial charge in [0.2, 0.25) is 5.91 Å². The Labute approximate surface area is 131 Å². The van der Waals surface area contributed by atoms with E-state index in [-0.39, 0.29) is 5.91 Å². The Balaban J connectivity index is 1.85. The van der Waals surface area contributed by atoms with Crippen molar-refractivity contribution in [1.29, 1.82) is 0 Å². The summed E-state index contributed by atoms with van der Waals surface area (Å²) < 4.78 is 6.27. The third-order valence-electron chi connectivity index (χ3n) is 2.85. The fraction of sp³-hybridized carbons (Fsp3) is 0.267. The van der Waals surface area contributed by atoms with Crippen molar-refractivity contribution in [1.82, 2.24) is 5.32 Å². The van der Waals surface area contributed by atoms with Crippen LogP contribution in [-0.2, 0) is 11.3 Å². The van der Waals surface area contributed by atoms with Gasteiger partial charge in [-0.05, 0) is 49.2 Å². The molecule has 106 valence electrons. The van der Waals surface area contributed by atoms with Crippen LogP contribution >= 0.6 is 27.7 Å². The molecule has 1 amide bonds. The summed E-state index contributed by atoms with van der Waals surface area (Å²) in [4.78, 5) is 12.9. The van der Waals surface area contributed by atoms with Crippen molar-refractivity contribution in [2.45, 2.75) is 25.3 Å². The molecule has 2 rings (SSSR count). The Morgan fingerprint density at radius 2 is 2.15 bits per heavy atom. The largest absolute Gasteiger partial charge is 0.467 e. The van der Waals surface area contributed by atoms with E-state index in [0.717, 1.165) is 15.1 Å². The number of carbonyl (C=O) groups excluding carboxylic acids is 1. The summed E-state index contributed by atoms with van der Waals surface area (Å²) >= 11 is 5.06. The van der Waals surface area contributed by atoms with Crippen LogP contribution in [0.1, 0.15) is 16.9 Å². The number of amides is 1. The van der Waals surface area contributed by atoms with E-state index in [9.17, 15) is 4.79 Å². The number of rotatable bonds is 5. The highest BCUT2D eigenvalue weighted by molar-refractivity contribution is 9.10. The molecule has 1 N–H and O–H groups in total. The molecule has 0 fully saturated rings. The lowest BCUT2D eigenvalue weighted by Crippen LogP contribution is -2.24. The lowest BCUT2D eigenvalue weighted by Gasteiger charge is -2.08. The summed E-state index contributed by atoms with van der Waals surface area (Å²) in [7, 11) is 0. The molecule has 5 heteroatoms. The molecular formula is C15H16BrNO2S. The first-order chi connectivity index (χ1) is 9.56. The lowest BCUT2D eigenvalue weighted by atomic mass is 10.2. The Morgan fingerprint density at radius 1 is 1.35 bits per heavy atom. The Hall–Kier alpha value is -1.20. The van der Waals surface area contributed by atoms with Gasteiger partial charge in [0.05, 0.1) is 18.6 Å². The van der Waals surface area contributed by atoms with E-state index in [1.54, 1.807) is 18.0 Å². The molecule has 0 aliphatic rings. The first-order valence-corrected chi connectivity index (χ1v) is 8.03. The van der Waals surface area contributed by atoms with Crippen LogP contribution in [0.25, 0.3) is 0 Å². The van der Waals surface area contributed by atoms with Crippen LogP contribution < -0.4 is 5.32 Å². The first-order valence-electron chi connectivity index (χ1n) is 6.25. The van der Waals surface area contributed by atoms with Gasteiger partial charge in [-0.15, -0.1) is 11.8 Å². The zero-order chi connectivity index (χ0) is 14.5. The van der Waals surface area contributed by atoms with E-state index in [4.69, 9.17) is 4.42 Å². The molecule has 3 nitrogen and oxygen atoms in total. The average molecular weight is 354 g/mol. The predicted molar refractivity (Wildman–Crippen MR) is 84.9 cm³/mol. The normalized spacial score (nSPS) is 10.6. The molecular weight excluding hydrogens is 338 g/mol. The average Bonchev–Trinajstić information content (AvgIpc) is 2.92. The molecule has 0 saturated heterocycles. The van der Waals surface area contributed by atoms with Gasteiger partial charge in [-0.3, -0.25) is 4.79 Å². The topological polar surface area (TPSA) is 42.2 Å². The fourth-order valence-corrected chi connectivity index (χ4v) is 3.10. The minimum absolute atomic E-state index is 0.00590. The van der Waals surface area contributed by atoms with Crippen molar-refractivity contribution in [3.05, 3.63) is 51.9 Å². The monoisotopic (exact) mass is 353 g/mol. The van der Waals surface area contributed by atoms with Crippen molar-refractivity contribution < 1.29 is 9.21 Å². The second-order valence-corrected chi connectivity index (χ2v) is 6.38. The second kappa shape index (κ2) is 6.99. The Bertz CT molecular complexity index is 596. The highest BCUT2D eigenvalue weighted by atomic mass is 79.9. The van der Waals surface area contributed by atoms with Crippen LogP contribution in [0.15, 0.2) is 44.3 Å². The standard InChI is InChI=1S/C15H16BrNO2S/c1-10-7-14(11(2)6-13(10)16)20-9-15(18)17-8-12-4-3-5-19-12/h3-7H,8-9H2,1-2H3,(H,17,18). The maximum Gasteiger partial charge on any atom is 0.230 e. The number of furan rings is 1. The molecule has 0 aliphatic heterocycles. The molecule has 1 aromatic carbocycles. The Kier molecular flexibility index (Phi) is 5.31. The van der Waals surface area contributed by atoms with Gasteiger partial charge in [-0.1, -0.05) is 15.9 Å². The molecule has 0 radical (unpaired) electrons. The maximum absolute atomic E-state index is 11.8. The van der Waals surface area contributed by atoms with Crippen molar-refractivity contribution in [2.75, 3.05) is 5.75 Å². The van der Waals surface area contributed by atoms with Crippen molar-refractivity contribution in [3.8, 4) is 0 Å². The zero-order valence-electron chi connectivity index (χ0n) is 11.4. The summed E-state index contributed by atoms with van der Waals surface area (Å²) in [5.41, 5.74) is 2.35. The van der Waals surface area contributed by atoms with E-state index in [1.807, 2.05) is 26.0 Å². The molecule has 0 saturated carbocycles. The number of hydrogen-bond donors (Lipinski definition) is 1. The number of carbonyl (C=O) groups is 1. The highest BCUT2D eigenvalue weighted by Gasteiger charge is 2.07. The third-order valence-corrected chi connectivity index (χ3v) is 4.87. The van der Waals surface area contributed by atoms with Gasteiger partial charge in [0.15, 0.2) is 0 Å². The van der Waals surface area contributed by atoms with E-state index in [2.05, 4.69) is 33.4 Å². The first kappa shape index (κ1) is 15.2. The van der Waals surface area contributed by atoms with E-state index in [1.165, 1.54) is 11.1 Å². The lowest BCUT2D eigenvalue weighted by molar-refractivity contribution is -0.118. The zero-order valence-corrected chi connectivity index (χ0v) is 13.8. The van der Waals surface area contributed by atoms with Gasteiger partial charge in [-0.25, -0.2) is 0 Å². The van der Waals surface area contributed by atoms with Crippen LogP contribution in [0.2, 0.25) is 0 Å².